The first kappa shape index (κ1) is 9.00. The fourth-order valence-electron chi connectivity index (χ4n) is 1.69. The molecule has 0 aliphatic heterocycles. The van der Waals surface area contributed by atoms with Crippen LogP contribution in [-0.2, 0) is 10.3 Å². The van der Waals surface area contributed by atoms with Crippen LogP contribution in [0.5, 0.6) is 0 Å². The molecule has 0 saturated heterocycles. The van der Waals surface area contributed by atoms with Gasteiger partial charge in [-0.15, -0.1) is 0 Å². The number of halogens is 1. The Morgan fingerprint density at radius 1 is 1.38 bits per heavy atom. The van der Waals surface area contributed by atoms with E-state index in [4.69, 9.17) is 22.3 Å². The van der Waals surface area contributed by atoms with E-state index in [9.17, 15) is 0 Å². The van der Waals surface area contributed by atoms with Crippen molar-refractivity contribution in [2.75, 3.05) is 6.61 Å². The Balaban J connectivity index is 2.30. The molecule has 13 heavy (non-hydrogen) atoms. The second kappa shape index (κ2) is 3.29. The third-order valence-electron chi connectivity index (χ3n) is 2.66. The molecule has 2 rings (SSSR count). The summed E-state index contributed by atoms with van der Waals surface area (Å²) in [5.41, 5.74) is 1.27. The number of rotatable bonds is 3. The Morgan fingerprint density at radius 3 is 2.62 bits per heavy atom. The van der Waals surface area contributed by atoms with Crippen molar-refractivity contribution in [3.8, 4) is 0 Å². The van der Waals surface area contributed by atoms with Gasteiger partial charge in [-0.2, -0.15) is 0 Å². The van der Waals surface area contributed by atoms with E-state index in [1.165, 1.54) is 5.56 Å². The minimum atomic E-state index is 0.104. The van der Waals surface area contributed by atoms with Gasteiger partial charge in [-0.05, 0) is 24.5 Å². The molecule has 1 fully saturated rings. The Morgan fingerprint density at radius 2 is 2.08 bits per heavy atom. The zero-order chi connectivity index (χ0) is 9.31. The van der Waals surface area contributed by atoms with Crippen LogP contribution in [-0.4, -0.2) is 6.61 Å². The van der Waals surface area contributed by atoms with Gasteiger partial charge in [0.1, 0.15) is 0 Å². The summed E-state index contributed by atoms with van der Waals surface area (Å²) in [6, 6.07) is 7.89. The molecule has 1 aromatic carbocycles. The summed E-state index contributed by atoms with van der Waals surface area (Å²) in [7, 11) is 0. The van der Waals surface area contributed by atoms with Gasteiger partial charge >= 0.3 is 0 Å². The molecule has 2 N–H and O–H groups in total. The largest absolute Gasteiger partial charge is 0.304 e. The van der Waals surface area contributed by atoms with Crippen LogP contribution in [0.15, 0.2) is 24.3 Å². The SMILES string of the molecule is NOCC1(c2ccccc2Cl)CC1. The highest BCUT2D eigenvalue weighted by atomic mass is 35.5. The van der Waals surface area contributed by atoms with E-state index in [1.807, 2.05) is 24.3 Å². The van der Waals surface area contributed by atoms with Crippen molar-refractivity contribution in [3.05, 3.63) is 34.9 Å². The summed E-state index contributed by atoms with van der Waals surface area (Å²) in [5, 5.41) is 0.817. The van der Waals surface area contributed by atoms with Crippen molar-refractivity contribution < 1.29 is 4.84 Å². The lowest BCUT2D eigenvalue weighted by molar-refractivity contribution is 0.116. The highest BCUT2D eigenvalue weighted by Crippen LogP contribution is 2.50. The lowest BCUT2D eigenvalue weighted by Gasteiger charge is -2.15. The van der Waals surface area contributed by atoms with Crippen LogP contribution in [0.2, 0.25) is 5.02 Å². The molecule has 1 aliphatic rings. The first-order valence-corrected chi connectivity index (χ1v) is 4.73. The Kier molecular flexibility index (Phi) is 2.28. The lowest BCUT2D eigenvalue weighted by atomic mass is 9.97. The van der Waals surface area contributed by atoms with E-state index >= 15 is 0 Å². The van der Waals surface area contributed by atoms with Crippen molar-refractivity contribution in [3.63, 3.8) is 0 Å². The molecule has 1 aliphatic carbocycles. The Hall–Kier alpha value is -0.570. The number of benzene rings is 1. The number of hydrogen-bond acceptors (Lipinski definition) is 2. The van der Waals surface area contributed by atoms with Crippen molar-refractivity contribution in [1.29, 1.82) is 0 Å². The molecular weight excluding hydrogens is 186 g/mol. The molecule has 2 nitrogen and oxygen atoms in total. The molecule has 0 bridgehead atoms. The summed E-state index contributed by atoms with van der Waals surface area (Å²) in [5.74, 6) is 5.10. The number of nitrogens with two attached hydrogens (primary N) is 1. The summed E-state index contributed by atoms with van der Waals surface area (Å²) in [6.45, 7) is 0.566. The van der Waals surface area contributed by atoms with Crippen molar-refractivity contribution in [1.82, 2.24) is 0 Å². The fraction of sp³-hybridized carbons (Fsp3) is 0.400. The zero-order valence-corrected chi connectivity index (χ0v) is 8.05. The van der Waals surface area contributed by atoms with E-state index in [-0.39, 0.29) is 5.41 Å². The minimum absolute atomic E-state index is 0.104. The van der Waals surface area contributed by atoms with Crippen molar-refractivity contribution in [2.45, 2.75) is 18.3 Å². The van der Waals surface area contributed by atoms with Crippen LogP contribution >= 0.6 is 11.6 Å². The molecule has 0 radical (unpaired) electrons. The molecule has 0 aromatic heterocycles. The molecule has 1 aromatic rings. The Labute approximate surface area is 82.6 Å². The predicted molar refractivity (Wildman–Crippen MR) is 52.5 cm³/mol. The van der Waals surface area contributed by atoms with Gasteiger partial charge in [0.25, 0.3) is 0 Å². The van der Waals surface area contributed by atoms with Gasteiger partial charge in [-0.25, -0.2) is 5.90 Å². The van der Waals surface area contributed by atoms with Gasteiger partial charge in [-0.3, -0.25) is 0 Å². The third-order valence-corrected chi connectivity index (χ3v) is 2.99. The zero-order valence-electron chi connectivity index (χ0n) is 7.29. The average Bonchev–Trinajstić information content (AvgIpc) is 2.87. The van der Waals surface area contributed by atoms with E-state index in [1.54, 1.807) is 0 Å². The van der Waals surface area contributed by atoms with Gasteiger partial charge < -0.3 is 4.84 Å². The van der Waals surface area contributed by atoms with Gasteiger partial charge in [0.2, 0.25) is 0 Å². The summed E-state index contributed by atoms with van der Waals surface area (Å²) >= 11 is 6.09. The van der Waals surface area contributed by atoms with E-state index in [0.29, 0.717) is 6.61 Å². The van der Waals surface area contributed by atoms with Gasteiger partial charge in [0, 0.05) is 10.4 Å². The maximum atomic E-state index is 6.09. The van der Waals surface area contributed by atoms with E-state index in [0.717, 1.165) is 17.9 Å². The smallest absolute Gasteiger partial charge is 0.0776 e. The van der Waals surface area contributed by atoms with Gasteiger partial charge in [-0.1, -0.05) is 29.8 Å². The average molecular weight is 198 g/mol. The molecule has 0 amide bonds. The van der Waals surface area contributed by atoms with Crippen molar-refractivity contribution in [2.24, 2.45) is 5.90 Å². The maximum absolute atomic E-state index is 6.09. The molecule has 1 saturated carbocycles. The first-order valence-electron chi connectivity index (χ1n) is 4.35. The monoisotopic (exact) mass is 197 g/mol. The highest BCUT2D eigenvalue weighted by molar-refractivity contribution is 6.31. The minimum Gasteiger partial charge on any atom is -0.304 e. The van der Waals surface area contributed by atoms with Gasteiger partial charge in [0.05, 0.1) is 6.61 Å². The molecule has 0 unspecified atom stereocenters. The normalized spacial score (nSPS) is 18.6. The van der Waals surface area contributed by atoms with Crippen molar-refractivity contribution >= 4 is 11.6 Å². The highest BCUT2D eigenvalue weighted by Gasteiger charge is 2.45. The van der Waals surface area contributed by atoms with Crippen LogP contribution in [0.25, 0.3) is 0 Å². The Bertz CT molecular complexity index is 310. The molecule has 70 valence electrons. The molecule has 3 heteroatoms. The molecular formula is C10H12ClNO. The number of hydrogen-bond donors (Lipinski definition) is 1. The van der Waals surface area contributed by atoms with Crippen LogP contribution in [0, 0.1) is 0 Å². The second-order valence-electron chi connectivity index (χ2n) is 3.57. The lowest BCUT2D eigenvalue weighted by Crippen LogP contribution is -2.18. The topological polar surface area (TPSA) is 35.2 Å². The van der Waals surface area contributed by atoms with Gasteiger partial charge in [0.15, 0.2) is 0 Å². The first-order chi connectivity index (χ1) is 6.28. The summed E-state index contributed by atoms with van der Waals surface area (Å²) in [4.78, 5) is 4.72. The van der Waals surface area contributed by atoms with Crippen LogP contribution in [0.3, 0.4) is 0 Å². The summed E-state index contributed by atoms with van der Waals surface area (Å²) in [6.07, 6.45) is 2.24. The molecule has 0 atom stereocenters. The second-order valence-corrected chi connectivity index (χ2v) is 3.98. The third kappa shape index (κ3) is 1.57. The fourth-order valence-corrected chi connectivity index (χ4v) is 2.03. The predicted octanol–water partition coefficient (Wildman–Crippen LogP) is 2.26. The summed E-state index contributed by atoms with van der Waals surface area (Å²) < 4.78 is 0. The van der Waals surface area contributed by atoms with Crippen LogP contribution < -0.4 is 5.90 Å². The maximum Gasteiger partial charge on any atom is 0.0776 e. The van der Waals surface area contributed by atoms with Crippen LogP contribution in [0.1, 0.15) is 18.4 Å². The van der Waals surface area contributed by atoms with E-state index < -0.39 is 0 Å². The molecule has 0 spiro atoms. The van der Waals surface area contributed by atoms with Crippen LogP contribution in [0.4, 0.5) is 0 Å². The van der Waals surface area contributed by atoms with E-state index in [2.05, 4.69) is 0 Å². The molecule has 0 heterocycles. The standard InChI is InChI=1S/C10H12ClNO/c11-9-4-2-1-3-8(9)10(5-6-10)7-13-12/h1-4H,5-7,12H2. The quantitative estimate of drug-likeness (QED) is 0.755.